The molecule has 1 nitrogen and oxygen atoms in total. The second-order valence-corrected chi connectivity index (χ2v) is 5.37. The molecular weight excluding hydrogens is 226 g/mol. The number of benzene rings is 1. The summed E-state index contributed by atoms with van der Waals surface area (Å²) >= 11 is 1.75. The van der Waals surface area contributed by atoms with Gasteiger partial charge in [-0.25, -0.2) is 0 Å². The van der Waals surface area contributed by atoms with Crippen LogP contribution in [0.25, 0.3) is 0 Å². The van der Waals surface area contributed by atoms with Gasteiger partial charge >= 0.3 is 0 Å². The fourth-order valence-electron chi connectivity index (χ4n) is 2.09. The first kappa shape index (κ1) is 12.3. The number of hydrogen-bond donors (Lipinski definition) is 1. The quantitative estimate of drug-likeness (QED) is 0.850. The highest BCUT2D eigenvalue weighted by Crippen LogP contribution is 2.19. The number of hydrogen-bond acceptors (Lipinski definition) is 2. The van der Waals surface area contributed by atoms with E-state index in [0.29, 0.717) is 6.04 Å². The molecule has 1 heterocycles. The third kappa shape index (κ3) is 3.18. The summed E-state index contributed by atoms with van der Waals surface area (Å²) in [6.45, 7) is 7.49. The van der Waals surface area contributed by atoms with Crippen molar-refractivity contribution in [3.05, 3.63) is 57.3 Å². The average molecular weight is 245 g/mol. The molecule has 90 valence electrons. The number of nitrogens with one attached hydrogen (secondary N) is 1. The molecule has 2 rings (SSSR count). The lowest BCUT2D eigenvalue weighted by Crippen LogP contribution is -2.18. The molecular formula is C15H19NS. The van der Waals surface area contributed by atoms with Gasteiger partial charge in [-0.2, -0.15) is 11.3 Å². The van der Waals surface area contributed by atoms with Gasteiger partial charge in [0.05, 0.1) is 0 Å². The molecule has 0 bridgehead atoms. The summed E-state index contributed by atoms with van der Waals surface area (Å²) in [5.74, 6) is 0. The fraction of sp³-hybridized carbons (Fsp3) is 0.333. The maximum absolute atomic E-state index is 3.57. The zero-order chi connectivity index (χ0) is 12.3. The van der Waals surface area contributed by atoms with Crippen LogP contribution in [0.4, 0.5) is 0 Å². The van der Waals surface area contributed by atoms with E-state index in [2.05, 4.69) is 61.1 Å². The van der Waals surface area contributed by atoms with Crippen LogP contribution in [0.1, 0.15) is 35.2 Å². The minimum absolute atomic E-state index is 0.399. The van der Waals surface area contributed by atoms with Gasteiger partial charge in [0.15, 0.2) is 0 Å². The molecule has 2 aromatic rings. The molecule has 0 saturated heterocycles. The van der Waals surface area contributed by atoms with E-state index in [1.807, 2.05) is 0 Å². The van der Waals surface area contributed by atoms with Gasteiger partial charge in [-0.15, -0.1) is 0 Å². The summed E-state index contributed by atoms with van der Waals surface area (Å²) in [7, 11) is 0. The number of aryl methyl sites for hydroxylation is 2. The maximum atomic E-state index is 3.57. The Morgan fingerprint density at radius 2 is 2.06 bits per heavy atom. The standard InChI is InChI=1S/C15H19NS/c1-11-4-5-15(12(2)8-11)13(3)16-9-14-6-7-17-10-14/h4-8,10,13,16H,9H2,1-3H3. The van der Waals surface area contributed by atoms with Gasteiger partial charge < -0.3 is 5.32 Å². The third-order valence-corrected chi connectivity index (χ3v) is 3.82. The second kappa shape index (κ2) is 5.48. The summed E-state index contributed by atoms with van der Waals surface area (Å²) in [5, 5.41) is 7.89. The first-order valence-electron chi connectivity index (χ1n) is 5.98. The van der Waals surface area contributed by atoms with Crippen molar-refractivity contribution in [2.24, 2.45) is 0 Å². The van der Waals surface area contributed by atoms with E-state index in [4.69, 9.17) is 0 Å². The molecule has 1 aromatic carbocycles. The Hall–Kier alpha value is -1.12. The first-order valence-corrected chi connectivity index (χ1v) is 6.92. The van der Waals surface area contributed by atoms with Gasteiger partial charge in [-0.1, -0.05) is 23.8 Å². The van der Waals surface area contributed by atoms with Gasteiger partial charge in [-0.3, -0.25) is 0 Å². The largest absolute Gasteiger partial charge is 0.306 e. The number of rotatable bonds is 4. The molecule has 17 heavy (non-hydrogen) atoms. The smallest absolute Gasteiger partial charge is 0.0297 e. The van der Waals surface area contributed by atoms with Gasteiger partial charge in [0.1, 0.15) is 0 Å². The minimum Gasteiger partial charge on any atom is -0.306 e. The lowest BCUT2D eigenvalue weighted by Gasteiger charge is -2.16. The molecule has 1 aromatic heterocycles. The third-order valence-electron chi connectivity index (χ3n) is 3.08. The van der Waals surface area contributed by atoms with Crippen LogP contribution in [0.3, 0.4) is 0 Å². The molecule has 0 saturated carbocycles. The lowest BCUT2D eigenvalue weighted by molar-refractivity contribution is 0.573. The van der Waals surface area contributed by atoms with E-state index in [-0.39, 0.29) is 0 Å². The Kier molecular flexibility index (Phi) is 3.97. The van der Waals surface area contributed by atoms with E-state index < -0.39 is 0 Å². The van der Waals surface area contributed by atoms with Crippen molar-refractivity contribution in [1.29, 1.82) is 0 Å². The normalized spacial score (nSPS) is 12.6. The monoisotopic (exact) mass is 245 g/mol. The molecule has 1 atom stereocenters. The molecule has 0 spiro atoms. The SMILES string of the molecule is Cc1ccc(C(C)NCc2ccsc2)c(C)c1. The molecule has 0 aliphatic heterocycles. The highest BCUT2D eigenvalue weighted by Gasteiger charge is 2.07. The first-order chi connectivity index (χ1) is 8.16. The molecule has 0 amide bonds. The fourth-order valence-corrected chi connectivity index (χ4v) is 2.75. The average Bonchev–Trinajstić information content (AvgIpc) is 2.78. The summed E-state index contributed by atoms with van der Waals surface area (Å²) in [4.78, 5) is 0. The summed E-state index contributed by atoms with van der Waals surface area (Å²) < 4.78 is 0. The topological polar surface area (TPSA) is 12.0 Å². The molecule has 0 radical (unpaired) electrons. The predicted octanol–water partition coefficient (Wildman–Crippen LogP) is 4.22. The molecule has 0 aliphatic carbocycles. The van der Waals surface area contributed by atoms with Crippen LogP contribution < -0.4 is 5.32 Å². The molecule has 1 unspecified atom stereocenters. The molecule has 0 fully saturated rings. The van der Waals surface area contributed by atoms with Gasteiger partial charge in [0, 0.05) is 12.6 Å². The summed E-state index contributed by atoms with van der Waals surface area (Å²) in [6, 6.07) is 9.24. The van der Waals surface area contributed by atoms with Crippen molar-refractivity contribution >= 4 is 11.3 Å². The van der Waals surface area contributed by atoms with E-state index in [0.717, 1.165) is 6.54 Å². The van der Waals surface area contributed by atoms with Crippen LogP contribution in [0, 0.1) is 13.8 Å². The highest BCUT2D eigenvalue weighted by molar-refractivity contribution is 7.07. The Morgan fingerprint density at radius 3 is 2.71 bits per heavy atom. The minimum atomic E-state index is 0.399. The van der Waals surface area contributed by atoms with Gasteiger partial charge in [0.2, 0.25) is 0 Å². The Labute approximate surface area is 108 Å². The predicted molar refractivity (Wildman–Crippen MR) is 75.5 cm³/mol. The van der Waals surface area contributed by atoms with Crippen molar-refractivity contribution < 1.29 is 0 Å². The Bertz CT molecular complexity index is 474. The zero-order valence-electron chi connectivity index (χ0n) is 10.7. The Morgan fingerprint density at radius 1 is 1.24 bits per heavy atom. The summed E-state index contributed by atoms with van der Waals surface area (Å²) in [5.41, 5.74) is 5.46. The van der Waals surface area contributed by atoms with Crippen LogP contribution in [0.15, 0.2) is 35.0 Å². The van der Waals surface area contributed by atoms with Crippen molar-refractivity contribution in [3.63, 3.8) is 0 Å². The lowest BCUT2D eigenvalue weighted by atomic mass is 10.0. The second-order valence-electron chi connectivity index (χ2n) is 4.59. The van der Waals surface area contributed by atoms with Crippen LogP contribution in [-0.2, 0) is 6.54 Å². The van der Waals surface area contributed by atoms with Crippen LogP contribution in [-0.4, -0.2) is 0 Å². The Balaban J connectivity index is 2.01. The van der Waals surface area contributed by atoms with E-state index in [1.54, 1.807) is 11.3 Å². The highest BCUT2D eigenvalue weighted by atomic mass is 32.1. The van der Waals surface area contributed by atoms with E-state index in [9.17, 15) is 0 Å². The van der Waals surface area contributed by atoms with Crippen LogP contribution in [0.2, 0.25) is 0 Å². The molecule has 1 N–H and O–H groups in total. The van der Waals surface area contributed by atoms with E-state index in [1.165, 1.54) is 22.3 Å². The zero-order valence-corrected chi connectivity index (χ0v) is 11.5. The van der Waals surface area contributed by atoms with Crippen molar-refractivity contribution in [1.82, 2.24) is 5.32 Å². The summed E-state index contributed by atoms with van der Waals surface area (Å²) in [6.07, 6.45) is 0. The van der Waals surface area contributed by atoms with Gasteiger partial charge in [-0.05, 0) is 54.3 Å². The number of thiophene rings is 1. The van der Waals surface area contributed by atoms with Gasteiger partial charge in [0.25, 0.3) is 0 Å². The van der Waals surface area contributed by atoms with Crippen molar-refractivity contribution in [2.75, 3.05) is 0 Å². The van der Waals surface area contributed by atoms with Crippen LogP contribution in [0.5, 0.6) is 0 Å². The van der Waals surface area contributed by atoms with Crippen LogP contribution >= 0.6 is 11.3 Å². The maximum Gasteiger partial charge on any atom is 0.0297 e. The van der Waals surface area contributed by atoms with Crippen molar-refractivity contribution in [2.45, 2.75) is 33.4 Å². The van der Waals surface area contributed by atoms with Crippen molar-refractivity contribution in [3.8, 4) is 0 Å². The molecule has 0 aliphatic rings. The molecule has 2 heteroatoms. The van der Waals surface area contributed by atoms with E-state index >= 15 is 0 Å².